The van der Waals surface area contributed by atoms with Crippen molar-refractivity contribution < 1.29 is 0 Å². The highest BCUT2D eigenvalue weighted by Crippen LogP contribution is 2.24. The van der Waals surface area contributed by atoms with Crippen molar-refractivity contribution in [1.82, 2.24) is 14.9 Å². The molecule has 1 aliphatic rings. The van der Waals surface area contributed by atoms with E-state index < -0.39 is 0 Å². The van der Waals surface area contributed by atoms with Gasteiger partial charge in [0.25, 0.3) is 5.56 Å². The molecule has 124 valence electrons. The topological polar surface area (TPSA) is 51.9 Å². The maximum atomic E-state index is 12.0. The van der Waals surface area contributed by atoms with Crippen molar-refractivity contribution in [3.05, 3.63) is 58.5 Å². The minimum absolute atomic E-state index is 0.0632. The number of benzene rings is 1. The lowest BCUT2D eigenvalue weighted by molar-refractivity contribution is 0.185. The first-order chi connectivity index (χ1) is 11.7. The summed E-state index contributed by atoms with van der Waals surface area (Å²) in [5.41, 5.74) is 3.90. The van der Waals surface area contributed by atoms with Crippen molar-refractivity contribution in [2.24, 2.45) is 5.92 Å². The Morgan fingerprint density at radius 2 is 2.00 bits per heavy atom. The summed E-state index contributed by atoms with van der Waals surface area (Å²) >= 11 is 0. The fraction of sp³-hybridized carbons (Fsp3) is 0.350. The predicted molar refractivity (Wildman–Crippen MR) is 98.0 cm³/mol. The van der Waals surface area contributed by atoms with Gasteiger partial charge in [0.15, 0.2) is 0 Å². The number of pyridine rings is 1. The third-order valence-corrected chi connectivity index (χ3v) is 5.08. The lowest BCUT2D eigenvalue weighted by Crippen LogP contribution is -2.32. The van der Waals surface area contributed by atoms with Crippen LogP contribution in [0.5, 0.6) is 0 Å². The molecule has 1 aliphatic heterocycles. The Kier molecular flexibility index (Phi) is 3.98. The number of hydrogen-bond acceptors (Lipinski definition) is 2. The van der Waals surface area contributed by atoms with E-state index in [9.17, 15) is 4.79 Å². The highest BCUT2D eigenvalue weighted by molar-refractivity contribution is 5.86. The minimum Gasteiger partial charge on any atom is -0.354 e. The SMILES string of the molecule is CC1CCN(Cc2ccc3[nH]c(-c4ccc[nH]c4=O)cc3c2)CC1. The van der Waals surface area contributed by atoms with Crippen molar-refractivity contribution >= 4 is 10.9 Å². The molecule has 4 nitrogen and oxygen atoms in total. The van der Waals surface area contributed by atoms with Crippen molar-refractivity contribution in [1.29, 1.82) is 0 Å². The van der Waals surface area contributed by atoms with Gasteiger partial charge < -0.3 is 9.97 Å². The van der Waals surface area contributed by atoms with Crippen LogP contribution in [-0.2, 0) is 6.54 Å². The highest BCUT2D eigenvalue weighted by Gasteiger charge is 2.16. The van der Waals surface area contributed by atoms with E-state index in [1.165, 1.54) is 31.5 Å². The van der Waals surface area contributed by atoms with Gasteiger partial charge in [0.2, 0.25) is 0 Å². The van der Waals surface area contributed by atoms with Crippen LogP contribution in [0.1, 0.15) is 25.3 Å². The average Bonchev–Trinajstić information content (AvgIpc) is 3.00. The number of nitrogens with zero attached hydrogens (tertiary/aromatic N) is 1. The first-order valence-corrected chi connectivity index (χ1v) is 8.71. The van der Waals surface area contributed by atoms with E-state index in [2.05, 4.69) is 46.1 Å². The molecular formula is C20H23N3O. The molecular weight excluding hydrogens is 298 g/mol. The van der Waals surface area contributed by atoms with Gasteiger partial charge in [0.05, 0.1) is 11.3 Å². The zero-order chi connectivity index (χ0) is 16.5. The predicted octanol–water partition coefficient (Wildman–Crippen LogP) is 3.76. The Labute approximate surface area is 141 Å². The number of H-pyrrole nitrogens is 2. The highest BCUT2D eigenvalue weighted by atomic mass is 16.1. The van der Waals surface area contributed by atoms with Crippen LogP contribution in [0.3, 0.4) is 0 Å². The molecule has 0 aliphatic carbocycles. The number of rotatable bonds is 3. The fourth-order valence-corrected chi connectivity index (χ4v) is 3.54. The van der Waals surface area contributed by atoms with E-state index in [4.69, 9.17) is 0 Å². The van der Waals surface area contributed by atoms with Crippen LogP contribution in [0, 0.1) is 5.92 Å². The summed E-state index contributed by atoms with van der Waals surface area (Å²) in [5, 5.41) is 1.16. The number of piperidine rings is 1. The molecule has 0 radical (unpaired) electrons. The first kappa shape index (κ1) is 15.2. The summed E-state index contributed by atoms with van der Waals surface area (Å²) in [6, 6.07) is 12.3. The Balaban J connectivity index is 1.60. The van der Waals surface area contributed by atoms with E-state index in [1.54, 1.807) is 6.20 Å². The van der Waals surface area contributed by atoms with Crippen LogP contribution in [-0.4, -0.2) is 28.0 Å². The molecule has 24 heavy (non-hydrogen) atoms. The summed E-state index contributed by atoms with van der Waals surface area (Å²) in [7, 11) is 0. The van der Waals surface area contributed by atoms with Gasteiger partial charge in [-0.3, -0.25) is 9.69 Å². The van der Waals surface area contributed by atoms with Crippen LogP contribution >= 0.6 is 0 Å². The lowest BCUT2D eigenvalue weighted by atomic mass is 9.99. The third-order valence-electron chi connectivity index (χ3n) is 5.08. The van der Waals surface area contributed by atoms with Crippen molar-refractivity contribution in [3.8, 4) is 11.3 Å². The van der Waals surface area contributed by atoms with Crippen molar-refractivity contribution in [2.45, 2.75) is 26.3 Å². The maximum absolute atomic E-state index is 12.0. The van der Waals surface area contributed by atoms with Crippen LogP contribution in [0.25, 0.3) is 22.2 Å². The number of likely N-dealkylation sites (tertiary alicyclic amines) is 1. The van der Waals surface area contributed by atoms with Crippen LogP contribution in [0.4, 0.5) is 0 Å². The summed E-state index contributed by atoms with van der Waals surface area (Å²) in [5.74, 6) is 0.861. The zero-order valence-corrected chi connectivity index (χ0v) is 14.0. The minimum atomic E-state index is -0.0632. The average molecular weight is 321 g/mol. The largest absolute Gasteiger partial charge is 0.354 e. The molecule has 0 atom stereocenters. The van der Waals surface area contributed by atoms with Gasteiger partial charge in [0.1, 0.15) is 0 Å². The lowest BCUT2D eigenvalue weighted by Gasteiger charge is -2.30. The second kappa shape index (κ2) is 6.29. The Morgan fingerprint density at radius 1 is 1.17 bits per heavy atom. The molecule has 2 N–H and O–H groups in total. The molecule has 0 unspecified atom stereocenters. The first-order valence-electron chi connectivity index (χ1n) is 8.71. The van der Waals surface area contributed by atoms with E-state index in [1.807, 2.05) is 12.1 Å². The zero-order valence-electron chi connectivity index (χ0n) is 14.0. The van der Waals surface area contributed by atoms with E-state index in [-0.39, 0.29) is 5.56 Å². The molecule has 3 aromatic rings. The Bertz CT molecular complexity index is 900. The van der Waals surface area contributed by atoms with E-state index in [0.717, 1.165) is 29.1 Å². The molecule has 0 spiro atoms. The number of aromatic amines is 2. The molecule has 0 saturated carbocycles. The Morgan fingerprint density at radius 3 is 2.79 bits per heavy atom. The maximum Gasteiger partial charge on any atom is 0.257 e. The molecule has 0 amide bonds. The van der Waals surface area contributed by atoms with Gasteiger partial charge in [-0.25, -0.2) is 0 Å². The van der Waals surface area contributed by atoms with Crippen molar-refractivity contribution in [3.63, 3.8) is 0 Å². The van der Waals surface area contributed by atoms with Gasteiger partial charge in [-0.05, 0) is 67.7 Å². The fourth-order valence-electron chi connectivity index (χ4n) is 3.54. The molecule has 3 heterocycles. The molecule has 1 saturated heterocycles. The summed E-state index contributed by atoms with van der Waals surface area (Å²) in [4.78, 5) is 20.6. The standard InChI is InChI=1S/C20H23N3O/c1-14-6-9-23(10-7-14)13-15-4-5-18-16(11-15)12-19(22-18)17-3-2-8-21-20(17)24/h2-5,8,11-12,14,22H,6-7,9-10,13H2,1H3,(H,21,24). The quantitative estimate of drug-likeness (QED) is 0.772. The number of hydrogen-bond donors (Lipinski definition) is 2. The van der Waals surface area contributed by atoms with Gasteiger partial charge >= 0.3 is 0 Å². The summed E-state index contributed by atoms with van der Waals surface area (Å²) in [6.45, 7) is 5.74. The molecule has 0 bridgehead atoms. The van der Waals surface area contributed by atoms with Gasteiger partial charge in [0, 0.05) is 23.6 Å². The normalized spacial score (nSPS) is 16.7. The summed E-state index contributed by atoms with van der Waals surface area (Å²) in [6.07, 6.45) is 4.26. The second-order valence-electron chi connectivity index (χ2n) is 6.98. The Hall–Kier alpha value is -2.33. The monoisotopic (exact) mass is 321 g/mol. The smallest absolute Gasteiger partial charge is 0.257 e. The summed E-state index contributed by atoms with van der Waals surface area (Å²) < 4.78 is 0. The molecule has 4 rings (SSSR count). The van der Waals surface area contributed by atoms with E-state index in [0.29, 0.717) is 5.56 Å². The van der Waals surface area contributed by atoms with Crippen molar-refractivity contribution in [2.75, 3.05) is 13.1 Å². The van der Waals surface area contributed by atoms with Gasteiger partial charge in [-0.15, -0.1) is 0 Å². The number of fused-ring (bicyclic) bond motifs is 1. The van der Waals surface area contributed by atoms with Gasteiger partial charge in [-0.2, -0.15) is 0 Å². The van der Waals surface area contributed by atoms with E-state index >= 15 is 0 Å². The van der Waals surface area contributed by atoms with Crippen LogP contribution < -0.4 is 5.56 Å². The molecule has 4 heteroatoms. The van der Waals surface area contributed by atoms with Crippen LogP contribution in [0.15, 0.2) is 47.4 Å². The third kappa shape index (κ3) is 3.02. The number of nitrogens with one attached hydrogen (secondary N) is 2. The molecule has 1 fully saturated rings. The van der Waals surface area contributed by atoms with Gasteiger partial charge in [-0.1, -0.05) is 13.0 Å². The number of aromatic nitrogens is 2. The molecule has 1 aromatic carbocycles. The van der Waals surface area contributed by atoms with Crippen LogP contribution in [0.2, 0.25) is 0 Å². The molecule has 2 aromatic heterocycles. The second-order valence-corrected chi connectivity index (χ2v) is 6.98.